The molecule has 1 aliphatic rings. The lowest BCUT2D eigenvalue weighted by atomic mass is 9.92. The highest BCUT2D eigenvalue weighted by Gasteiger charge is 2.25. The first-order chi connectivity index (χ1) is 13.6. The monoisotopic (exact) mass is 385 g/mol. The number of ether oxygens (including phenoxy) is 1. The number of amides is 1. The number of nitrogens with one attached hydrogen (secondary N) is 1. The van der Waals surface area contributed by atoms with E-state index in [-0.39, 0.29) is 23.6 Å². The Balaban J connectivity index is 1.53. The Bertz CT molecular complexity index is 804. The molecule has 1 aliphatic carbocycles. The van der Waals surface area contributed by atoms with Crippen LogP contribution in [0.4, 0.5) is 4.39 Å². The summed E-state index contributed by atoms with van der Waals surface area (Å²) in [5, 5.41) is 2.98. The molecule has 0 unspecified atom stereocenters. The molecule has 0 saturated heterocycles. The van der Waals surface area contributed by atoms with Gasteiger partial charge in [-0.25, -0.2) is 4.39 Å². The summed E-state index contributed by atoms with van der Waals surface area (Å²) in [5.41, 5.74) is 7.45. The Morgan fingerprint density at radius 1 is 1.29 bits per heavy atom. The molecule has 1 aromatic heterocycles. The fourth-order valence-electron chi connectivity index (χ4n) is 3.57. The predicted molar refractivity (Wildman–Crippen MR) is 107 cm³/mol. The average molecular weight is 385 g/mol. The third-order valence-electron chi connectivity index (χ3n) is 5.21. The van der Waals surface area contributed by atoms with Crippen molar-refractivity contribution >= 4 is 5.91 Å². The van der Waals surface area contributed by atoms with Crippen molar-refractivity contribution in [1.82, 2.24) is 10.3 Å². The molecule has 1 aromatic carbocycles. The lowest BCUT2D eigenvalue weighted by Gasteiger charge is -2.29. The number of aromatic nitrogens is 1. The van der Waals surface area contributed by atoms with Gasteiger partial charge in [0.15, 0.2) is 0 Å². The number of halogens is 1. The minimum atomic E-state index is -0.488. The van der Waals surface area contributed by atoms with Crippen LogP contribution in [0.5, 0.6) is 5.75 Å². The van der Waals surface area contributed by atoms with Gasteiger partial charge in [-0.3, -0.25) is 9.78 Å². The molecule has 1 saturated carbocycles. The van der Waals surface area contributed by atoms with Gasteiger partial charge in [-0.05, 0) is 81.8 Å². The average Bonchev–Trinajstić information content (AvgIpc) is 2.70. The molecule has 0 spiro atoms. The first-order valence-corrected chi connectivity index (χ1v) is 9.94. The van der Waals surface area contributed by atoms with Crippen LogP contribution in [-0.2, 0) is 6.42 Å². The second kappa shape index (κ2) is 9.64. The van der Waals surface area contributed by atoms with E-state index in [1.54, 1.807) is 18.3 Å². The molecule has 1 fully saturated rings. The number of hydrogen-bond donors (Lipinski definition) is 2. The summed E-state index contributed by atoms with van der Waals surface area (Å²) in [5.74, 6) is -0.0241. The van der Waals surface area contributed by atoms with E-state index in [0.717, 1.165) is 55.5 Å². The number of carbonyl (C=O) groups is 1. The van der Waals surface area contributed by atoms with Crippen molar-refractivity contribution in [2.75, 3.05) is 6.54 Å². The summed E-state index contributed by atoms with van der Waals surface area (Å²) in [6, 6.07) is 8.54. The van der Waals surface area contributed by atoms with E-state index in [9.17, 15) is 9.18 Å². The zero-order chi connectivity index (χ0) is 19.9. The molecule has 1 heterocycles. The molecule has 3 N–H and O–H groups in total. The molecular weight excluding hydrogens is 357 g/mol. The van der Waals surface area contributed by atoms with Gasteiger partial charge in [0.05, 0.1) is 17.4 Å². The fraction of sp³-hybridized carbons (Fsp3) is 0.455. The Morgan fingerprint density at radius 2 is 2.07 bits per heavy atom. The summed E-state index contributed by atoms with van der Waals surface area (Å²) < 4.78 is 20.2. The van der Waals surface area contributed by atoms with Crippen LogP contribution in [0.15, 0.2) is 36.5 Å². The van der Waals surface area contributed by atoms with Crippen molar-refractivity contribution in [3.63, 3.8) is 0 Å². The molecule has 150 valence electrons. The largest absolute Gasteiger partial charge is 0.489 e. The van der Waals surface area contributed by atoms with Gasteiger partial charge in [-0.2, -0.15) is 0 Å². The lowest BCUT2D eigenvalue weighted by Crippen LogP contribution is -2.40. The van der Waals surface area contributed by atoms with Gasteiger partial charge < -0.3 is 15.8 Å². The van der Waals surface area contributed by atoms with Crippen LogP contribution < -0.4 is 15.8 Å². The van der Waals surface area contributed by atoms with E-state index in [0.29, 0.717) is 6.54 Å². The van der Waals surface area contributed by atoms with Crippen LogP contribution in [0.25, 0.3) is 0 Å². The second-order valence-corrected chi connectivity index (χ2v) is 7.36. The number of hydrogen-bond acceptors (Lipinski definition) is 4. The third kappa shape index (κ3) is 5.29. The highest BCUT2D eigenvalue weighted by atomic mass is 19.1. The summed E-state index contributed by atoms with van der Waals surface area (Å²) in [7, 11) is 0. The van der Waals surface area contributed by atoms with Gasteiger partial charge in [0.25, 0.3) is 5.91 Å². The van der Waals surface area contributed by atoms with Gasteiger partial charge in [0.1, 0.15) is 11.6 Å². The maximum Gasteiger partial charge on any atom is 0.254 e. The number of nitrogens with zero attached hydrogens (tertiary/aromatic N) is 1. The molecule has 2 aromatic rings. The van der Waals surface area contributed by atoms with Gasteiger partial charge in [0.2, 0.25) is 0 Å². The second-order valence-electron chi connectivity index (χ2n) is 7.36. The number of pyridine rings is 1. The molecule has 28 heavy (non-hydrogen) atoms. The summed E-state index contributed by atoms with van der Waals surface area (Å²) in [6.07, 6.45) is 6.73. The van der Waals surface area contributed by atoms with Gasteiger partial charge in [0, 0.05) is 12.2 Å². The van der Waals surface area contributed by atoms with Crippen molar-refractivity contribution in [1.29, 1.82) is 0 Å². The van der Waals surface area contributed by atoms with Crippen molar-refractivity contribution in [3.8, 4) is 5.75 Å². The molecule has 3 rings (SSSR count). The van der Waals surface area contributed by atoms with Crippen LogP contribution >= 0.6 is 0 Å². The first kappa shape index (κ1) is 20.3. The maximum atomic E-state index is 14.1. The van der Waals surface area contributed by atoms with E-state index in [1.165, 1.54) is 6.07 Å². The van der Waals surface area contributed by atoms with Gasteiger partial charge in [-0.15, -0.1) is 0 Å². The third-order valence-corrected chi connectivity index (χ3v) is 5.21. The summed E-state index contributed by atoms with van der Waals surface area (Å²) in [4.78, 5) is 16.8. The molecule has 0 aliphatic heterocycles. The Labute approximate surface area is 165 Å². The van der Waals surface area contributed by atoms with Crippen molar-refractivity contribution < 1.29 is 13.9 Å². The fourth-order valence-corrected chi connectivity index (χ4v) is 3.57. The van der Waals surface area contributed by atoms with Gasteiger partial charge >= 0.3 is 0 Å². The van der Waals surface area contributed by atoms with Crippen LogP contribution in [0, 0.1) is 12.7 Å². The van der Waals surface area contributed by atoms with Crippen molar-refractivity contribution in [3.05, 3.63) is 59.2 Å². The summed E-state index contributed by atoms with van der Waals surface area (Å²) >= 11 is 0. The van der Waals surface area contributed by atoms with E-state index in [2.05, 4.69) is 10.3 Å². The number of rotatable bonds is 7. The van der Waals surface area contributed by atoms with Crippen molar-refractivity contribution in [2.45, 2.75) is 57.6 Å². The van der Waals surface area contributed by atoms with Crippen LogP contribution in [-0.4, -0.2) is 29.6 Å². The maximum absolute atomic E-state index is 14.1. The number of carbonyl (C=O) groups excluding carboxylic acids is 1. The minimum absolute atomic E-state index is 0.0365. The topological polar surface area (TPSA) is 77.2 Å². The quantitative estimate of drug-likeness (QED) is 0.764. The van der Waals surface area contributed by atoms with Crippen LogP contribution in [0.1, 0.15) is 53.7 Å². The normalized spacial score (nSPS) is 19.2. The highest BCUT2D eigenvalue weighted by Crippen LogP contribution is 2.25. The molecule has 0 radical (unpaired) electrons. The number of aryl methyl sites for hydroxylation is 2. The summed E-state index contributed by atoms with van der Waals surface area (Å²) in [6.45, 7) is 2.50. The number of benzene rings is 1. The molecule has 5 nitrogen and oxygen atoms in total. The number of nitrogens with two attached hydrogens (primary N) is 1. The Morgan fingerprint density at radius 3 is 2.79 bits per heavy atom. The molecule has 1 amide bonds. The Hall–Kier alpha value is -2.47. The molecule has 0 atom stereocenters. The smallest absolute Gasteiger partial charge is 0.254 e. The van der Waals surface area contributed by atoms with Crippen LogP contribution in [0.3, 0.4) is 0 Å². The molecular formula is C22H28FN3O2. The zero-order valence-corrected chi connectivity index (χ0v) is 16.3. The lowest BCUT2D eigenvalue weighted by molar-refractivity contribution is 0.0889. The highest BCUT2D eigenvalue weighted by molar-refractivity contribution is 5.94. The van der Waals surface area contributed by atoms with Crippen molar-refractivity contribution in [2.24, 2.45) is 5.73 Å². The van der Waals surface area contributed by atoms with E-state index >= 15 is 0 Å². The van der Waals surface area contributed by atoms with E-state index in [1.807, 2.05) is 19.1 Å². The SMILES string of the molecule is Cc1ncccc1OC1CCC(NC(=O)c2cc(CCCN)ccc2F)CC1. The van der Waals surface area contributed by atoms with E-state index in [4.69, 9.17) is 10.5 Å². The molecule has 6 heteroatoms. The molecule has 0 bridgehead atoms. The van der Waals surface area contributed by atoms with Crippen LogP contribution in [0.2, 0.25) is 0 Å². The van der Waals surface area contributed by atoms with Gasteiger partial charge in [-0.1, -0.05) is 6.07 Å². The minimum Gasteiger partial charge on any atom is -0.489 e. The standard InChI is InChI=1S/C22H28FN3O2/c1-15-21(5-3-13-25-15)28-18-9-7-17(8-10-18)26-22(27)19-14-16(4-2-12-24)6-11-20(19)23/h3,5-6,11,13-14,17-18H,2,4,7-10,12,24H2,1H3,(H,26,27). The predicted octanol–water partition coefficient (Wildman–Crippen LogP) is 3.54. The van der Waals surface area contributed by atoms with E-state index < -0.39 is 5.82 Å². The first-order valence-electron chi connectivity index (χ1n) is 9.94. The zero-order valence-electron chi connectivity index (χ0n) is 16.3. The Kier molecular flexibility index (Phi) is 6.98.